The Bertz CT molecular complexity index is 322. The third kappa shape index (κ3) is 3.93. The Morgan fingerprint density at radius 1 is 1.08 bits per heavy atom. The fourth-order valence-electron chi connectivity index (χ4n) is 0.369. The average Bonchev–Trinajstić information content (AvgIpc) is 1.96. The van der Waals surface area contributed by atoms with Crippen molar-refractivity contribution in [2.45, 2.75) is 5.51 Å². The molecule has 0 N–H and O–H groups in total. The van der Waals surface area contributed by atoms with Gasteiger partial charge in [-0.3, -0.25) is 0 Å². The predicted octanol–water partition coefficient (Wildman–Crippen LogP) is 2.18. The Morgan fingerprint density at radius 2 is 1.62 bits per heavy atom. The van der Waals surface area contributed by atoms with Crippen LogP contribution in [0.4, 0.5) is 13.2 Å². The summed E-state index contributed by atoms with van der Waals surface area (Å²) in [5.74, 6) is 0. The van der Waals surface area contributed by atoms with E-state index in [4.69, 9.17) is 0 Å². The first-order valence-electron chi connectivity index (χ1n) is 3.08. The van der Waals surface area contributed by atoms with E-state index >= 15 is 0 Å². The van der Waals surface area contributed by atoms with Crippen LogP contribution in [-0.4, -0.2) is 13.9 Å². The van der Waals surface area contributed by atoms with Gasteiger partial charge in [0.25, 0.3) is 9.84 Å². The van der Waals surface area contributed by atoms with E-state index in [1.807, 2.05) is 0 Å². The molecule has 0 aliphatic rings. The monoisotopic (exact) mass is 212 g/mol. The summed E-state index contributed by atoms with van der Waals surface area (Å²) in [6, 6.07) is 0. The number of halogens is 3. The molecule has 0 rings (SSSR count). The van der Waals surface area contributed by atoms with Crippen molar-refractivity contribution in [1.82, 2.24) is 0 Å². The first-order valence-corrected chi connectivity index (χ1v) is 4.63. The van der Waals surface area contributed by atoms with E-state index in [1.54, 1.807) is 0 Å². The van der Waals surface area contributed by atoms with Gasteiger partial charge in [-0.1, -0.05) is 30.9 Å². The van der Waals surface area contributed by atoms with Crippen LogP contribution in [0.25, 0.3) is 0 Å². The Hall–Kier alpha value is -1.04. The maximum absolute atomic E-state index is 11.7. The SMILES string of the molecule is C=CC=CC=CS(=O)(=O)C(F)(F)F. The van der Waals surface area contributed by atoms with Gasteiger partial charge in [-0.2, -0.15) is 13.2 Å². The summed E-state index contributed by atoms with van der Waals surface area (Å²) < 4.78 is 55.7. The Morgan fingerprint density at radius 3 is 2.00 bits per heavy atom. The molecule has 0 unspecified atom stereocenters. The second-order valence-corrected chi connectivity index (χ2v) is 3.76. The summed E-state index contributed by atoms with van der Waals surface area (Å²) in [4.78, 5) is 0. The fraction of sp³-hybridized carbons (Fsp3) is 0.143. The molecular formula is C7H7F3O2S. The largest absolute Gasteiger partial charge is 0.501 e. The third-order valence-corrected chi connectivity index (χ3v) is 2.10. The Labute approximate surface area is 74.0 Å². The van der Waals surface area contributed by atoms with Gasteiger partial charge in [0.1, 0.15) is 0 Å². The molecule has 0 fully saturated rings. The number of allylic oxidation sites excluding steroid dienone is 4. The maximum Gasteiger partial charge on any atom is 0.501 e. The van der Waals surface area contributed by atoms with E-state index in [0.717, 1.165) is 12.2 Å². The molecule has 0 aliphatic carbocycles. The van der Waals surface area contributed by atoms with E-state index in [0.29, 0.717) is 0 Å². The van der Waals surface area contributed by atoms with Crippen molar-refractivity contribution < 1.29 is 21.6 Å². The van der Waals surface area contributed by atoms with Gasteiger partial charge in [-0.15, -0.1) is 0 Å². The molecule has 0 aromatic carbocycles. The summed E-state index contributed by atoms with van der Waals surface area (Å²) in [5, 5.41) is 0.0903. The quantitative estimate of drug-likeness (QED) is 0.672. The smallest absolute Gasteiger partial charge is 0.215 e. The zero-order valence-electron chi connectivity index (χ0n) is 6.45. The number of rotatable bonds is 3. The molecule has 0 aromatic heterocycles. The molecule has 74 valence electrons. The summed E-state index contributed by atoms with van der Waals surface area (Å²) in [5.41, 5.74) is -5.23. The van der Waals surface area contributed by atoms with Crippen LogP contribution in [0, 0.1) is 0 Å². The number of alkyl halides is 3. The molecule has 0 aliphatic heterocycles. The molecule has 0 spiro atoms. The van der Waals surface area contributed by atoms with Gasteiger partial charge in [0, 0.05) is 5.41 Å². The van der Waals surface area contributed by atoms with Crippen LogP contribution in [-0.2, 0) is 9.84 Å². The maximum atomic E-state index is 11.7. The first kappa shape index (κ1) is 12.0. The second-order valence-electron chi connectivity index (χ2n) is 1.94. The highest BCUT2D eigenvalue weighted by Gasteiger charge is 2.43. The van der Waals surface area contributed by atoms with Crippen molar-refractivity contribution in [2.24, 2.45) is 0 Å². The van der Waals surface area contributed by atoms with E-state index in [1.165, 1.54) is 12.2 Å². The molecule has 0 radical (unpaired) electrons. The lowest BCUT2D eigenvalue weighted by molar-refractivity contribution is -0.0423. The van der Waals surface area contributed by atoms with E-state index in [-0.39, 0.29) is 5.41 Å². The van der Waals surface area contributed by atoms with Gasteiger partial charge in [-0.25, -0.2) is 8.42 Å². The van der Waals surface area contributed by atoms with Gasteiger partial charge < -0.3 is 0 Å². The number of sulfone groups is 1. The van der Waals surface area contributed by atoms with Gasteiger partial charge in [0.15, 0.2) is 0 Å². The zero-order chi connectivity index (χ0) is 10.5. The van der Waals surface area contributed by atoms with Crippen LogP contribution >= 0.6 is 0 Å². The lowest BCUT2D eigenvalue weighted by Gasteiger charge is -2.01. The molecule has 6 heteroatoms. The van der Waals surface area contributed by atoms with Gasteiger partial charge >= 0.3 is 5.51 Å². The van der Waals surface area contributed by atoms with Crippen LogP contribution in [0.2, 0.25) is 0 Å². The van der Waals surface area contributed by atoms with Crippen LogP contribution in [0.5, 0.6) is 0 Å². The standard InChI is InChI=1S/C7H7F3O2S/c1-2-3-4-5-6-13(11,12)7(8,9)10/h2-6H,1H2. The van der Waals surface area contributed by atoms with Crippen molar-refractivity contribution >= 4 is 9.84 Å². The summed E-state index contributed by atoms with van der Waals surface area (Å²) in [6.45, 7) is 3.25. The highest BCUT2D eigenvalue weighted by molar-refractivity contribution is 7.95. The number of hydrogen-bond acceptors (Lipinski definition) is 2. The van der Waals surface area contributed by atoms with Gasteiger partial charge in [-0.05, 0) is 0 Å². The van der Waals surface area contributed by atoms with Crippen molar-refractivity contribution in [3.05, 3.63) is 36.3 Å². The van der Waals surface area contributed by atoms with Crippen LogP contribution in [0.1, 0.15) is 0 Å². The lowest BCUT2D eigenvalue weighted by atomic mass is 10.5. The lowest BCUT2D eigenvalue weighted by Crippen LogP contribution is -2.20. The van der Waals surface area contributed by atoms with Crippen molar-refractivity contribution in [2.75, 3.05) is 0 Å². The highest BCUT2D eigenvalue weighted by atomic mass is 32.2. The van der Waals surface area contributed by atoms with Gasteiger partial charge in [0.2, 0.25) is 0 Å². The summed E-state index contributed by atoms with van der Waals surface area (Å²) in [6.07, 6.45) is 4.54. The summed E-state index contributed by atoms with van der Waals surface area (Å²) in [7, 11) is -5.14. The molecule has 0 heterocycles. The zero-order valence-corrected chi connectivity index (χ0v) is 7.27. The minimum absolute atomic E-state index is 0.0903. The first-order chi connectivity index (χ1) is 5.81. The molecular weight excluding hydrogens is 205 g/mol. The molecule has 0 aromatic rings. The molecule has 0 saturated carbocycles. The topological polar surface area (TPSA) is 34.1 Å². The highest BCUT2D eigenvalue weighted by Crippen LogP contribution is 2.24. The van der Waals surface area contributed by atoms with Crippen LogP contribution < -0.4 is 0 Å². The van der Waals surface area contributed by atoms with E-state index in [9.17, 15) is 21.6 Å². The molecule has 0 bridgehead atoms. The minimum atomic E-state index is -5.23. The molecule has 0 atom stereocenters. The average molecular weight is 212 g/mol. The summed E-state index contributed by atoms with van der Waals surface area (Å²) >= 11 is 0. The minimum Gasteiger partial charge on any atom is -0.215 e. The van der Waals surface area contributed by atoms with Crippen molar-refractivity contribution in [1.29, 1.82) is 0 Å². The third-order valence-electron chi connectivity index (χ3n) is 0.939. The van der Waals surface area contributed by atoms with E-state index in [2.05, 4.69) is 6.58 Å². The van der Waals surface area contributed by atoms with E-state index < -0.39 is 15.3 Å². The Balaban J connectivity index is 4.63. The van der Waals surface area contributed by atoms with Gasteiger partial charge in [0.05, 0.1) is 0 Å². The predicted molar refractivity (Wildman–Crippen MR) is 43.5 cm³/mol. The molecule has 0 amide bonds. The number of hydrogen-bond donors (Lipinski definition) is 0. The molecule has 13 heavy (non-hydrogen) atoms. The fourth-order valence-corrected chi connectivity index (χ4v) is 0.821. The van der Waals surface area contributed by atoms with Crippen molar-refractivity contribution in [3.63, 3.8) is 0 Å². The Kier molecular flexibility index (Phi) is 3.93. The molecule has 0 saturated heterocycles. The van der Waals surface area contributed by atoms with Crippen molar-refractivity contribution in [3.8, 4) is 0 Å². The molecule has 2 nitrogen and oxygen atoms in total. The van der Waals surface area contributed by atoms with Crippen LogP contribution in [0.3, 0.4) is 0 Å². The second kappa shape index (κ2) is 4.27. The van der Waals surface area contributed by atoms with Crippen LogP contribution in [0.15, 0.2) is 36.3 Å². The normalized spacial score (nSPS) is 14.1.